The first kappa shape index (κ1) is 16.3. The second-order valence-electron chi connectivity index (χ2n) is 7.42. The van der Waals surface area contributed by atoms with Crippen molar-refractivity contribution in [2.24, 2.45) is 0 Å². The smallest absolute Gasteiger partial charge is 0.399 e. The molecule has 0 bridgehead atoms. The summed E-state index contributed by atoms with van der Waals surface area (Å²) in [5.74, 6) is 0. The Morgan fingerprint density at radius 3 is 1.91 bits per heavy atom. The first-order chi connectivity index (χ1) is 10.7. The van der Waals surface area contributed by atoms with Crippen molar-refractivity contribution in [1.82, 2.24) is 0 Å². The molecule has 1 heterocycles. The molecule has 23 heavy (non-hydrogen) atoms. The second-order valence-corrected chi connectivity index (χ2v) is 7.42. The Balaban J connectivity index is 2.14. The summed E-state index contributed by atoms with van der Waals surface area (Å²) in [6, 6.07) is 14.8. The van der Waals surface area contributed by atoms with E-state index in [1.165, 1.54) is 22.3 Å². The van der Waals surface area contributed by atoms with E-state index in [1.54, 1.807) is 0 Å². The van der Waals surface area contributed by atoms with Crippen molar-refractivity contribution < 1.29 is 9.31 Å². The number of rotatable bonds is 2. The van der Waals surface area contributed by atoms with Crippen LogP contribution in [0, 0.1) is 13.8 Å². The summed E-state index contributed by atoms with van der Waals surface area (Å²) in [5.41, 5.74) is 5.37. The van der Waals surface area contributed by atoms with Gasteiger partial charge in [0.25, 0.3) is 0 Å². The van der Waals surface area contributed by atoms with Gasteiger partial charge in [-0.05, 0) is 69.3 Å². The second kappa shape index (κ2) is 5.50. The predicted molar refractivity (Wildman–Crippen MR) is 97.1 cm³/mol. The van der Waals surface area contributed by atoms with Crippen molar-refractivity contribution in [3.63, 3.8) is 0 Å². The standard InChI is InChI=1S/C20H25BO2/c1-14-12-13-17(16-10-8-7-9-11-16)18(15(14)2)21-22-19(3,4)20(5,6)23-21/h7-13H,1-6H3. The van der Waals surface area contributed by atoms with Gasteiger partial charge in [0.1, 0.15) is 0 Å². The molecule has 1 saturated heterocycles. The SMILES string of the molecule is Cc1ccc(-c2ccccc2)c(B2OC(C)(C)C(C)(C)O2)c1C. The van der Waals surface area contributed by atoms with Gasteiger partial charge in [-0.15, -0.1) is 0 Å². The highest BCUT2D eigenvalue weighted by Gasteiger charge is 2.52. The summed E-state index contributed by atoms with van der Waals surface area (Å²) in [4.78, 5) is 0. The van der Waals surface area contributed by atoms with E-state index in [-0.39, 0.29) is 18.3 Å². The maximum Gasteiger partial charge on any atom is 0.495 e. The third-order valence-corrected chi connectivity index (χ3v) is 5.36. The van der Waals surface area contributed by atoms with Gasteiger partial charge >= 0.3 is 7.12 Å². The fraction of sp³-hybridized carbons (Fsp3) is 0.400. The first-order valence-corrected chi connectivity index (χ1v) is 8.24. The Morgan fingerprint density at radius 1 is 0.783 bits per heavy atom. The van der Waals surface area contributed by atoms with Crippen LogP contribution in [0.2, 0.25) is 0 Å². The molecule has 2 nitrogen and oxygen atoms in total. The minimum atomic E-state index is -0.338. The molecular weight excluding hydrogens is 283 g/mol. The third kappa shape index (κ3) is 2.73. The molecule has 3 heteroatoms. The van der Waals surface area contributed by atoms with Crippen LogP contribution in [0.15, 0.2) is 42.5 Å². The van der Waals surface area contributed by atoms with Crippen molar-refractivity contribution in [2.75, 3.05) is 0 Å². The van der Waals surface area contributed by atoms with E-state index in [1.807, 2.05) is 6.07 Å². The molecule has 1 aliphatic heterocycles. The van der Waals surface area contributed by atoms with Gasteiger partial charge < -0.3 is 9.31 Å². The van der Waals surface area contributed by atoms with Gasteiger partial charge in [-0.25, -0.2) is 0 Å². The zero-order chi connectivity index (χ0) is 16.8. The summed E-state index contributed by atoms with van der Waals surface area (Å²) in [5, 5.41) is 0. The number of hydrogen-bond donors (Lipinski definition) is 0. The average molecular weight is 308 g/mol. The molecule has 2 aromatic carbocycles. The minimum absolute atomic E-state index is 0.332. The van der Waals surface area contributed by atoms with Crippen LogP contribution in [0.25, 0.3) is 11.1 Å². The van der Waals surface area contributed by atoms with Gasteiger partial charge in [-0.1, -0.05) is 42.5 Å². The van der Waals surface area contributed by atoms with Crippen LogP contribution < -0.4 is 5.46 Å². The number of hydrogen-bond acceptors (Lipinski definition) is 2. The van der Waals surface area contributed by atoms with E-state index >= 15 is 0 Å². The van der Waals surface area contributed by atoms with Gasteiger partial charge in [-0.2, -0.15) is 0 Å². The monoisotopic (exact) mass is 308 g/mol. The molecule has 0 amide bonds. The summed E-state index contributed by atoms with van der Waals surface area (Å²) in [7, 11) is -0.338. The maximum absolute atomic E-state index is 6.33. The Morgan fingerprint density at radius 2 is 1.35 bits per heavy atom. The minimum Gasteiger partial charge on any atom is -0.399 e. The van der Waals surface area contributed by atoms with Crippen LogP contribution >= 0.6 is 0 Å². The predicted octanol–water partition coefficient (Wildman–Crippen LogP) is 4.27. The topological polar surface area (TPSA) is 18.5 Å². The quantitative estimate of drug-likeness (QED) is 0.771. The molecular formula is C20H25BO2. The molecule has 0 atom stereocenters. The molecule has 0 saturated carbocycles. The molecule has 0 aliphatic carbocycles. The highest BCUT2D eigenvalue weighted by molar-refractivity contribution is 6.64. The highest BCUT2D eigenvalue weighted by Crippen LogP contribution is 2.37. The lowest BCUT2D eigenvalue weighted by Gasteiger charge is -2.32. The fourth-order valence-electron chi connectivity index (χ4n) is 2.97. The Bertz CT molecular complexity index is 704. The summed E-state index contributed by atoms with van der Waals surface area (Å²) in [6.45, 7) is 12.7. The molecule has 0 unspecified atom stereocenters. The van der Waals surface area contributed by atoms with E-state index in [9.17, 15) is 0 Å². The molecule has 2 aromatic rings. The lowest BCUT2D eigenvalue weighted by molar-refractivity contribution is 0.00578. The van der Waals surface area contributed by atoms with E-state index in [0.29, 0.717) is 0 Å². The lowest BCUT2D eigenvalue weighted by atomic mass is 9.71. The fourth-order valence-corrected chi connectivity index (χ4v) is 2.97. The van der Waals surface area contributed by atoms with Gasteiger partial charge in [0.05, 0.1) is 11.2 Å². The molecule has 0 aromatic heterocycles. The number of aryl methyl sites for hydroxylation is 1. The van der Waals surface area contributed by atoms with Crippen LogP contribution in [-0.2, 0) is 9.31 Å². The Labute approximate surface area is 140 Å². The largest absolute Gasteiger partial charge is 0.495 e. The van der Waals surface area contributed by atoms with Crippen molar-refractivity contribution in [1.29, 1.82) is 0 Å². The molecule has 0 spiro atoms. The van der Waals surface area contributed by atoms with Crippen molar-refractivity contribution in [3.05, 3.63) is 53.6 Å². The first-order valence-electron chi connectivity index (χ1n) is 8.24. The Hall–Kier alpha value is -1.58. The van der Waals surface area contributed by atoms with Gasteiger partial charge in [0, 0.05) is 0 Å². The van der Waals surface area contributed by atoms with E-state index in [0.717, 1.165) is 5.46 Å². The molecule has 0 radical (unpaired) electrons. The molecule has 120 valence electrons. The summed E-state index contributed by atoms with van der Waals surface area (Å²) < 4.78 is 12.7. The summed E-state index contributed by atoms with van der Waals surface area (Å²) >= 11 is 0. The van der Waals surface area contributed by atoms with Gasteiger partial charge in [0.2, 0.25) is 0 Å². The molecule has 3 rings (SSSR count). The van der Waals surface area contributed by atoms with Crippen molar-refractivity contribution in [3.8, 4) is 11.1 Å². The molecule has 1 fully saturated rings. The van der Waals surface area contributed by atoms with Crippen LogP contribution in [0.5, 0.6) is 0 Å². The average Bonchev–Trinajstić information content (AvgIpc) is 2.70. The van der Waals surface area contributed by atoms with Crippen LogP contribution in [0.4, 0.5) is 0 Å². The lowest BCUT2D eigenvalue weighted by Crippen LogP contribution is -2.41. The third-order valence-electron chi connectivity index (χ3n) is 5.36. The summed E-state index contributed by atoms with van der Waals surface area (Å²) in [6.07, 6.45) is 0. The van der Waals surface area contributed by atoms with Crippen molar-refractivity contribution >= 4 is 12.6 Å². The molecule has 1 aliphatic rings. The normalized spacial score (nSPS) is 19.1. The Kier molecular flexibility index (Phi) is 3.90. The molecule has 0 N–H and O–H groups in total. The number of benzene rings is 2. The van der Waals surface area contributed by atoms with Crippen LogP contribution in [0.3, 0.4) is 0 Å². The van der Waals surface area contributed by atoms with Gasteiger partial charge in [0.15, 0.2) is 0 Å². The van der Waals surface area contributed by atoms with E-state index in [2.05, 4.69) is 77.9 Å². The van der Waals surface area contributed by atoms with Crippen LogP contribution in [-0.4, -0.2) is 18.3 Å². The maximum atomic E-state index is 6.33. The van der Waals surface area contributed by atoms with Gasteiger partial charge in [-0.3, -0.25) is 0 Å². The van der Waals surface area contributed by atoms with Crippen LogP contribution in [0.1, 0.15) is 38.8 Å². The van der Waals surface area contributed by atoms with E-state index in [4.69, 9.17) is 9.31 Å². The van der Waals surface area contributed by atoms with Crippen molar-refractivity contribution in [2.45, 2.75) is 52.7 Å². The van der Waals surface area contributed by atoms with E-state index < -0.39 is 0 Å². The zero-order valence-corrected chi connectivity index (χ0v) is 14.9. The highest BCUT2D eigenvalue weighted by atomic mass is 16.7. The zero-order valence-electron chi connectivity index (χ0n) is 14.9.